The monoisotopic (exact) mass is 283 g/mol. The molecule has 106 valence electrons. The van der Waals surface area contributed by atoms with Crippen LogP contribution in [-0.4, -0.2) is 29.4 Å². The predicted octanol–water partition coefficient (Wildman–Crippen LogP) is 1.92. The maximum Gasteiger partial charge on any atom is 0.231 e. The van der Waals surface area contributed by atoms with E-state index in [9.17, 15) is 4.79 Å². The highest BCUT2D eigenvalue weighted by Crippen LogP contribution is 2.26. The number of hydrogen-bond donors (Lipinski definition) is 2. The van der Waals surface area contributed by atoms with Crippen molar-refractivity contribution in [2.45, 2.75) is 38.9 Å². The van der Waals surface area contributed by atoms with Crippen LogP contribution in [0, 0.1) is 0 Å². The second-order valence-electron chi connectivity index (χ2n) is 5.09. The molecule has 0 aliphatic heterocycles. The van der Waals surface area contributed by atoms with E-state index >= 15 is 0 Å². The van der Waals surface area contributed by atoms with Crippen LogP contribution in [0.2, 0.25) is 5.02 Å². The van der Waals surface area contributed by atoms with E-state index in [2.05, 4.69) is 0 Å². The smallest absolute Gasteiger partial charge is 0.231 e. The molecule has 0 aliphatic carbocycles. The van der Waals surface area contributed by atoms with Crippen LogP contribution in [-0.2, 0) is 4.79 Å². The summed E-state index contributed by atoms with van der Waals surface area (Å²) in [4.78, 5) is 13.3. The second kappa shape index (κ2) is 6.89. The topological polar surface area (TPSA) is 72.3 Å². The number of halogens is 1. The molecule has 5 heteroatoms. The number of hydrogen-bond acceptors (Lipinski definition) is 3. The Bertz CT molecular complexity index is 417. The molecule has 2 atom stereocenters. The van der Waals surface area contributed by atoms with Crippen LogP contribution >= 0.6 is 11.6 Å². The molecule has 1 aromatic rings. The van der Waals surface area contributed by atoms with Gasteiger partial charge in [0.15, 0.2) is 0 Å². The Hall–Kier alpha value is -1.10. The molecule has 4 nitrogen and oxygen atoms in total. The Morgan fingerprint density at radius 3 is 2.16 bits per heavy atom. The van der Waals surface area contributed by atoms with E-state index < -0.39 is 0 Å². The molecular weight excluding hydrogens is 262 g/mol. The van der Waals surface area contributed by atoms with E-state index in [4.69, 9.17) is 23.1 Å². The minimum absolute atomic E-state index is 0.0650. The van der Waals surface area contributed by atoms with Gasteiger partial charge in [0, 0.05) is 17.1 Å². The van der Waals surface area contributed by atoms with Crippen molar-refractivity contribution in [3.63, 3.8) is 0 Å². The molecule has 0 aromatic heterocycles. The van der Waals surface area contributed by atoms with Crippen molar-refractivity contribution < 1.29 is 4.79 Å². The van der Waals surface area contributed by atoms with Gasteiger partial charge in [0.1, 0.15) is 0 Å². The number of benzene rings is 1. The first-order valence-electron chi connectivity index (χ1n) is 6.38. The van der Waals surface area contributed by atoms with Crippen LogP contribution in [0.1, 0.15) is 32.4 Å². The normalized spacial score (nSPS) is 14.7. The minimum atomic E-state index is -0.353. The summed E-state index contributed by atoms with van der Waals surface area (Å²) in [5, 5.41) is 0.679. The number of nitrogens with zero attached hydrogens (tertiary/aromatic N) is 1. The lowest BCUT2D eigenvalue weighted by Crippen LogP contribution is -2.46. The van der Waals surface area contributed by atoms with E-state index in [1.807, 2.05) is 49.9 Å². The van der Waals surface area contributed by atoms with Gasteiger partial charge in [0.25, 0.3) is 0 Å². The first-order chi connectivity index (χ1) is 8.82. The van der Waals surface area contributed by atoms with Crippen molar-refractivity contribution in [2.24, 2.45) is 11.5 Å². The Morgan fingerprint density at radius 1 is 1.26 bits per heavy atom. The molecule has 19 heavy (non-hydrogen) atoms. The third kappa shape index (κ3) is 4.49. The van der Waals surface area contributed by atoms with E-state index in [0.717, 1.165) is 5.56 Å². The number of primary amides is 1. The molecular formula is C14H22ClN3O. The molecule has 0 fully saturated rings. The van der Waals surface area contributed by atoms with E-state index in [1.165, 1.54) is 0 Å². The van der Waals surface area contributed by atoms with Gasteiger partial charge in [-0.1, -0.05) is 23.7 Å². The van der Waals surface area contributed by atoms with Crippen molar-refractivity contribution >= 4 is 17.5 Å². The van der Waals surface area contributed by atoms with Crippen molar-refractivity contribution in [3.8, 4) is 0 Å². The quantitative estimate of drug-likeness (QED) is 0.838. The zero-order valence-corrected chi connectivity index (χ0v) is 12.4. The Balaban J connectivity index is 3.09. The summed E-state index contributed by atoms with van der Waals surface area (Å²) in [6.45, 7) is 6.16. The van der Waals surface area contributed by atoms with Crippen LogP contribution in [0.25, 0.3) is 0 Å². The van der Waals surface area contributed by atoms with Crippen molar-refractivity contribution in [1.29, 1.82) is 0 Å². The Morgan fingerprint density at radius 2 is 1.79 bits per heavy atom. The summed E-state index contributed by atoms with van der Waals surface area (Å²) in [6, 6.07) is 7.51. The van der Waals surface area contributed by atoms with Gasteiger partial charge < -0.3 is 11.5 Å². The highest BCUT2D eigenvalue weighted by Gasteiger charge is 2.27. The Kier molecular flexibility index (Phi) is 5.79. The molecule has 1 rings (SSSR count). The molecule has 0 spiro atoms. The molecule has 4 N–H and O–H groups in total. The highest BCUT2D eigenvalue weighted by atomic mass is 35.5. The highest BCUT2D eigenvalue weighted by molar-refractivity contribution is 6.30. The average Bonchev–Trinajstić information content (AvgIpc) is 2.29. The number of carbonyl (C=O) groups excluding carboxylic acids is 1. The third-order valence-corrected chi connectivity index (χ3v) is 3.32. The minimum Gasteiger partial charge on any atom is -0.369 e. The van der Waals surface area contributed by atoms with E-state index in [1.54, 1.807) is 0 Å². The van der Waals surface area contributed by atoms with Gasteiger partial charge in [-0.25, -0.2) is 0 Å². The summed E-state index contributed by atoms with van der Waals surface area (Å²) in [6.07, 6.45) is 0. The zero-order chi connectivity index (χ0) is 14.6. The lowest BCUT2D eigenvalue weighted by molar-refractivity contribution is -0.120. The number of nitrogens with two attached hydrogens (primary N) is 2. The summed E-state index contributed by atoms with van der Waals surface area (Å²) < 4.78 is 0. The van der Waals surface area contributed by atoms with Gasteiger partial charge in [-0.3, -0.25) is 9.69 Å². The van der Waals surface area contributed by atoms with Gasteiger partial charge in [-0.05, 0) is 38.5 Å². The maximum atomic E-state index is 11.2. The number of rotatable bonds is 6. The van der Waals surface area contributed by atoms with Crippen molar-refractivity contribution in [1.82, 2.24) is 4.90 Å². The molecule has 1 amide bonds. The first kappa shape index (κ1) is 16.0. The largest absolute Gasteiger partial charge is 0.369 e. The summed E-state index contributed by atoms with van der Waals surface area (Å²) in [5.74, 6) is -0.353. The molecule has 0 saturated heterocycles. The summed E-state index contributed by atoms with van der Waals surface area (Å²) in [5.41, 5.74) is 12.5. The molecule has 0 saturated carbocycles. The van der Waals surface area contributed by atoms with Gasteiger partial charge >= 0.3 is 0 Å². The Labute approximate surface area is 119 Å². The molecule has 0 bridgehead atoms. The van der Waals surface area contributed by atoms with E-state index in [-0.39, 0.29) is 30.6 Å². The lowest BCUT2D eigenvalue weighted by atomic mass is 9.98. The first-order valence-corrected chi connectivity index (χ1v) is 6.75. The number of amides is 1. The third-order valence-electron chi connectivity index (χ3n) is 3.07. The summed E-state index contributed by atoms with van der Waals surface area (Å²) in [7, 11) is 0. The van der Waals surface area contributed by atoms with Crippen LogP contribution in [0.4, 0.5) is 0 Å². The predicted molar refractivity (Wildman–Crippen MR) is 78.9 cm³/mol. The fourth-order valence-electron chi connectivity index (χ4n) is 2.24. The lowest BCUT2D eigenvalue weighted by Gasteiger charge is -2.36. The number of carbonyl (C=O) groups is 1. The standard InChI is InChI=1S/C14H22ClN3O/c1-9(2)18(8-13(17)19)14(10(3)16)11-4-6-12(15)7-5-11/h4-7,9-10,14H,8,16H2,1-3H3,(H2,17,19). The molecule has 0 radical (unpaired) electrons. The zero-order valence-electron chi connectivity index (χ0n) is 11.6. The maximum absolute atomic E-state index is 11.2. The van der Waals surface area contributed by atoms with Gasteiger partial charge in [-0.15, -0.1) is 0 Å². The van der Waals surface area contributed by atoms with Crippen LogP contribution in [0.5, 0.6) is 0 Å². The van der Waals surface area contributed by atoms with Crippen molar-refractivity contribution in [3.05, 3.63) is 34.9 Å². The summed E-state index contributed by atoms with van der Waals surface area (Å²) >= 11 is 5.90. The second-order valence-corrected chi connectivity index (χ2v) is 5.52. The van der Waals surface area contributed by atoms with E-state index in [0.29, 0.717) is 5.02 Å². The van der Waals surface area contributed by atoms with Crippen LogP contribution in [0.3, 0.4) is 0 Å². The van der Waals surface area contributed by atoms with Gasteiger partial charge in [0.05, 0.1) is 12.6 Å². The van der Waals surface area contributed by atoms with Crippen LogP contribution in [0.15, 0.2) is 24.3 Å². The average molecular weight is 284 g/mol. The fourth-order valence-corrected chi connectivity index (χ4v) is 2.37. The molecule has 1 aromatic carbocycles. The van der Waals surface area contributed by atoms with Crippen LogP contribution < -0.4 is 11.5 Å². The van der Waals surface area contributed by atoms with Gasteiger partial charge in [0.2, 0.25) is 5.91 Å². The molecule has 2 unspecified atom stereocenters. The molecule has 0 aliphatic rings. The fraction of sp³-hybridized carbons (Fsp3) is 0.500. The van der Waals surface area contributed by atoms with Gasteiger partial charge in [-0.2, -0.15) is 0 Å². The van der Waals surface area contributed by atoms with Crippen molar-refractivity contribution in [2.75, 3.05) is 6.54 Å². The SMILES string of the molecule is CC(N)C(c1ccc(Cl)cc1)N(CC(N)=O)C(C)C. The molecule has 0 heterocycles.